The third kappa shape index (κ3) is 2.85. The summed E-state index contributed by atoms with van der Waals surface area (Å²) < 4.78 is 0. The van der Waals surface area contributed by atoms with E-state index in [0.29, 0.717) is 0 Å². The summed E-state index contributed by atoms with van der Waals surface area (Å²) in [5.41, 5.74) is 1.97. The van der Waals surface area contributed by atoms with Crippen LogP contribution in [0.5, 0.6) is 0 Å². The second kappa shape index (κ2) is 5.15. The summed E-state index contributed by atoms with van der Waals surface area (Å²) in [6, 6.07) is 9.91. The Kier molecular flexibility index (Phi) is 3.60. The van der Waals surface area contributed by atoms with Crippen molar-refractivity contribution in [1.82, 2.24) is 9.71 Å². The van der Waals surface area contributed by atoms with E-state index >= 15 is 0 Å². The van der Waals surface area contributed by atoms with Gasteiger partial charge in [0.15, 0.2) is 7.98 Å². The first-order valence-corrected chi connectivity index (χ1v) is 5.49. The third-order valence-corrected chi connectivity index (χ3v) is 2.90. The van der Waals surface area contributed by atoms with Crippen LogP contribution in [0.4, 0.5) is 0 Å². The van der Waals surface area contributed by atoms with Crippen LogP contribution >= 0.6 is 0 Å². The summed E-state index contributed by atoms with van der Waals surface area (Å²) in [4.78, 5) is 4.24. The molecule has 1 saturated heterocycles. The number of piperazine rings is 1. The molecule has 2 radical (unpaired) electrons. The molecule has 1 aromatic rings. The third-order valence-electron chi connectivity index (χ3n) is 2.90. The molecule has 3 nitrogen and oxygen atoms in total. The quantitative estimate of drug-likeness (QED) is 0.676. The van der Waals surface area contributed by atoms with E-state index in [1.54, 1.807) is 0 Å². The van der Waals surface area contributed by atoms with Gasteiger partial charge in [-0.2, -0.15) is 5.26 Å². The van der Waals surface area contributed by atoms with E-state index in [-0.39, 0.29) is 0 Å². The second-order valence-electron chi connectivity index (χ2n) is 4.12. The molecule has 0 N–H and O–H groups in total. The van der Waals surface area contributed by atoms with Crippen LogP contribution in [0.25, 0.3) is 0 Å². The fourth-order valence-electron chi connectivity index (χ4n) is 1.86. The average Bonchev–Trinajstić information content (AvgIpc) is 2.33. The van der Waals surface area contributed by atoms with Crippen LogP contribution < -0.4 is 0 Å². The Hall–Kier alpha value is -1.31. The minimum absolute atomic E-state index is 0.718. The van der Waals surface area contributed by atoms with Gasteiger partial charge in [-0.05, 0) is 30.8 Å². The highest BCUT2D eigenvalue weighted by Gasteiger charge is 2.13. The molecule has 0 bridgehead atoms. The minimum atomic E-state index is 0.718. The smallest absolute Gasteiger partial charge is 0.182 e. The van der Waals surface area contributed by atoms with E-state index in [2.05, 4.69) is 11.0 Å². The molecular formula is C12H14BN3. The van der Waals surface area contributed by atoms with E-state index in [4.69, 9.17) is 13.2 Å². The van der Waals surface area contributed by atoms with Gasteiger partial charge in [-0.15, -0.1) is 0 Å². The predicted molar refractivity (Wildman–Crippen MR) is 63.8 cm³/mol. The molecule has 1 heterocycles. The maximum Gasteiger partial charge on any atom is 0.182 e. The monoisotopic (exact) mass is 211 g/mol. The Bertz CT molecular complexity index is 374. The molecule has 2 rings (SSSR count). The van der Waals surface area contributed by atoms with Gasteiger partial charge >= 0.3 is 0 Å². The Balaban J connectivity index is 1.91. The van der Waals surface area contributed by atoms with Gasteiger partial charge in [0.05, 0.1) is 11.6 Å². The van der Waals surface area contributed by atoms with Crippen LogP contribution in [-0.2, 0) is 6.54 Å². The molecule has 1 fully saturated rings. The van der Waals surface area contributed by atoms with Crippen LogP contribution in [0.2, 0.25) is 0 Å². The van der Waals surface area contributed by atoms with E-state index in [1.807, 2.05) is 29.1 Å². The molecule has 0 spiro atoms. The zero-order valence-electron chi connectivity index (χ0n) is 9.26. The molecule has 4 heteroatoms. The predicted octanol–water partition coefficient (Wildman–Crippen LogP) is 0.759. The first-order chi connectivity index (χ1) is 7.78. The standard InChI is InChI=1S/C12H14BN3/c13-16-7-5-15(6-8-16)10-12-3-1-11(9-14)2-4-12/h1-4H,5-8,10H2. The molecule has 0 amide bonds. The highest BCUT2D eigenvalue weighted by Crippen LogP contribution is 2.08. The number of benzene rings is 1. The van der Waals surface area contributed by atoms with Gasteiger partial charge in [-0.25, -0.2) is 0 Å². The van der Waals surface area contributed by atoms with Gasteiger partial charge < -0.3 is 4.81 Å². The molecule has 0 atom stereocenters. The number of hydrogen-bond acceptors (Lipinski definition) is 3. The van der Waals surface area contributed by atoms with Crippen molar-refractivity contribution in [3.8, 4) is 6.07 Å². The van der Waals surface area contributed by atoms with Gasteiger partial charge in [-0.3, -0.25) is 4.90 Å². The van der Waals surface area contributed by atoms with Crippen molar-refractivity contribution in [2.45, 2.75) is 6.54 Å². The molecule has 0 aliphatic carbocycles. The Morgan fingerprint density at radius 1 is 1.12 bits per heavy atom. The number of nitrogens with zero attached hydrogens (tertiary/aromatic N) is 3. The van der Waals surface area contributed by atoms with Crippen molar-refractivity contribution in [1.29, 1.82) is 5.26 Å². The molecule has 1 aliphatic rings. The lowest BCUT2D eigenvalue weighted by Crippen LogP contribution is -2.44. The number of nitriles is 1. The molecule has 16 heavy (non-hydrogen) atoms. The van der Waals surface area contributed by atoms with Crippen molar-refractivity contribution in [2.24, 2.45) is 0 Å². The summed E-state index contributed by atoms with van der Waals surface area (Å²) in [5.74, 6) is 0. The molecule has 0 aromatic heterocycles. The average molecular weight is 211 g/mol. The zero-order valence-corrected chi connectivity index (χ0v) is 9.26. The van der Waals surface area contributed by atoms with Crippen molar-refractivity contribution in [2.75, 3.05) is 26.2 Å². The highest BCUT2D eigenvalue weighted by molar-refractivity contribution is 6.04. The first-order valence-electron chi connectivity index (χ1n) is 5.49. The molecule has 0 saturated carbocycles. The zero-order chi connectivity index (χ0) is 11.4. The first kappa shape index (κ1) is 11.2. The maximum absolute atomic E-state index is 8.70. The lowest BCUT2D eigenvalue weighted by molar-refractivity contribution is 0.184. The van der Waals surface area contributed by atoms with Crippen molar-refractivity contribution >= 4 is 7.98 Å². The SMILES string of the molecule is [B]N1CCN(Cc2ccc(C#N)cc2)CC1. The fraction of sp³-hybridized carbons (Fsp3) is 0.417. The Morgan fingerprint density at radius 2 is 1.75 bits per heavy atom. The fourth-order valence-corrected chi connectivity index (χ4v) is 1.86. The van der Waals surface area contributed by atoms with Crippen LogP contribution in [-0.4, -0.2) is 43.9 Å². The molecule has 0 unspecified atom stereocenters. The highest BCUT2D eigenvalue weighted by atomic mass is 15.2. The van der Waals surface area contributed by atoms with Crippen molar-refractivity contribution < 1.29 is 0 Å². The molecule has 1 aliphatic heterocycles. The summed E-state index contributed by atoms with van der Waals surface area (Å²) >= 11 is 0. The van der Waals surface area contributed by atoms with Crippen LogP contribution in [0.15, 0.2) is 24.3 Å². The van der Waals surface area contributed by atoms with Crippen molar-refractivity contribution in [3.63, 3.8) is 0 Å². The second-order valence-corrected chi connectivity index (χ2v) is 4.12. The Labute approximate surface area is 97.7 Å². The molecule has 80 valence electrons. The van der Waals surface area contributed by atoms with Gasteiger partial charge in [0.25, 0.3) is 0 Å². The van der Waals surface area contributed by atoms with Crippen LogP contribution in [0.3, 0.4) is 0 Å². The summed E-state index contributed by atoms with van der Waals surface area (Å²) in [6.07, 6.45) is 0. The number of rotatable bonds is 2. The van der Waals surface area contributed by atoms with Gasteiger partial charge in [-0.1, -0.05) is 12.1 Å². The molecule has 1 aromatic carbocycles. The largest absolute Gasteiger partial charge is 0.351 e. The molecular weight excluding hydrogens is 197 g/mol. The summed E-state index contributed by atoms with van der Waals surface area (Å²) in [7, 11) is 5.70. The van der Waals surface area contributed by atoms with E-state index in [9.17, 15) is 0 Å². The topological polar surface area (TPSA) is 30.3 Å². The van der Waals surface area contributed by atoms with Crippen molar-refractivity contribution in [3.05, 3.63) is 35.4 Å². The van der Waals surface area contributed by atoms with Crippen LogP contribution in [0.1, 0.15) is 11.1 Å². The van der Waals surface area contributed by atoms with Crippen LogP contribution in [0, 0.1) is 11.3 Å². The summed E-state index contributed by atoms with van der Waals surface area (Å²) in [5, 5.41) is 8.70. The maximum atomic E-state index is 8.70. The van der Waals surface area contributed by atoms with E-state index in [1.165, 1.54) is 5.56 Å². The summed E-state index contributed by atoms with van der Waals surface area (Å²) in [6.45, 7) is 4.82. The van der Waals surface area contributed by atoms with E-state index in [0.717, 1.165) is 38.3 Å². The lowest BCUT2D eigenvalue weighted by Gasteiger charge is -2.32. The minimum Gasteiger partial charge on any atom is -0.351 e. The van der Waals surface area contributed by atoms with E-state index < -0.39 is 0 Å². The van der Waals surface area contributed by atoms with Gasteiger partial charge in [0.2, 0.25) is 0 Å². The Morgan fingerprint density at radius 3 is 2.31 bits per heavy atom. The van der Waals surface area contributed by atoms with Gasteiger partial charge in [0.1, 0.15) is 0 Å². The normalized spacial score (nSPS) is 18.2. The number of hydrogen-bond donors (Lipinski definition) is 0. The van der Waals surface area contributed by atoms with Gasteiger partial charge in [0, 0.05) is 19.6 Å². The lowest BCUT2D eigenvalue weighted by atomic mass is 10.1.